The van der Waals surface area contributed by atoms with Crippen molar-refractivity contribution in [2.45, 2.75) is 13.3 Å². The number of rotatable bonds is 15. The number of pyridine rings is 1. The van der Waals surface area contributed by atoms with E-state index in [2.05, 4.69) is 15.0 Å². The number of aromatic carboxylic acids is 1. The summed E-state index contributed by atoms with van der Waals surface area (Å²) in [6.45, 7) is 4.24. The first-order valence-corrected chi connectivity index (χ1v) is 13.1. The second-order valence-corrected chi connectivity index (χ2v) is 8.64. The van der Waals surface area contributed by atoms with Crippen LogP contribution >= 0.6 is 0 Å². The molecule has 0 aliphatic carbocycles. The smallest absolute Gasteiger partial charge is 0.347 e. The van der Waals surface area contributed by atoms with Gasteiger partial charge in [0.2, 0.25) is 17.7 Å². The van der Waals surface area contributed by atoms with E-state index in [1.807, 2.05) is 31.2 Å². The molecule has 0 bridgehead atoms. The monoisotopic (exact) mass is 565 g/mol. The van der Waals surface area contributed by atoms with Crippen LogP contribution in [0.5, 0.6) is 5.88 Å². The summed E-state index contributed by atoms with van der Waals surface area (Å²) in [5, 5.41) is 9.57. The van der Waals surface area contributed by atoms with Crippen molar-refractivity contribution in [1.82, 2.24) is 9.97 Å². The molecule has 0 fully saturated rings. The van der Waals surface area contributed by atoms with Gasteiger partial charge < -0.3 is 33.2 Å². The minimum Gasteiger partial charge on any atom is -0.477 e. The normalized spacial score (nSPS) is 13.0. The fourth-order valence-electron chi connectivity index (χ4n) is 3.82. The summed E-state index contributed by atoms with van der Waals surface area (Å²) in [6.07, 6.45) is 7.40. The predicted molar refractivity (Wildman–Crippen MR) is 149 cm³/mol. The molecule has 0 atom stereocenters. The number of fused-ring (bicyclic) bond motifs is 1. The lowest BCUT2D eigenvalue weighted by Gasteiger charge is -2.12. The van der Waals surface area contributed by atoms with Gasteiger partial charge in [-0.2, -0.15) is 0 Å². The number of carbonyl (C=O) groups is 1. The number of ether oxygens (including phenoxy) is 5. The molecule has 2 aromatic heterocycles. The number of nitrogens with zero attached hydrogens (tertiary/aromatic N) is 3. The van der Waals surface area contributed by atoms with Gasteiger partial charge in [-0.05, 0) is 37.1 Å². The van der Waals surface area contributed by atoms with E-state index in [0.29, 0.717) is 61.8 Å². The van der Waals surface area contributed by atoms with Crippen LogP contribution in [0.25, 0.3) is 16.5 Å². The lowest BCUT2D eigenvalue weighted by atomic mass is 10.1. The Morgan fingerprint density at radius 2 is 1.66 bits per heavy atom. The van der Waals surface area contributed by atoms with Crippen LogP contribution in [0.4, 0.5) is 0 Å². The third-order valence-corrected chi connectivity index (χ3v) is 5.76. The zero-order valence-corrected chi connectivity index (χ0v) is 22.6. The number of aromatic nitrogens is 2. The number of carboxylic acids is 1. The molecule has 216 valence electrons. The van der Waals surface area contributed by atoms with Crippen molar-refractivity contribution in [3.63, 3.8) is 0 Å². The van der Waals surface area contributed by atoms with E-state index in [0.717, 1.165) is 5.56 Å². The fraction of sp³-hybridized carbons (Fsp3) is 0.345. The summed E-state index contributed by atoms with van der Waals surface area (Å²) in [4.78, 5) is 36.5. The van der Waals surface area contributed by atoms with Crippen LogP contribution in [0.3, 0.4) is 0 Å². The van der Waals surface area contributed by atoms with Crippen molar-refractivity contribution >= 4 is 28.3 Å². The van der Waals surface area contributed by atoms with Gasteiger partial charge in [-0.1, -0.05) is 24.3 Å². The second kappa shape index (κ2) is 15.4. The van der Waals surface area contributed by atoms with E-state index in [1.54, 1.807) is 12.3 Å². The maximum absolute atomic E-state index is 12.6. The molecular weight excluding hydrogens is 534 g/mol. The molecule has 4 rings (SSSR count). The van der Waals surface area contributed by atoms with Gasteiger partial charge in [0.1, 0.15) is 18.8 Å². The number of benzene rings is 1. The minimum absolute atomic E-state index is 0.00236. The number of carboxylic acid groups (broad SMARTS) is 1. The molecule has 1 N–H and O–H groups in total. The van der Waals surface area contributed by atoms with Gasteiger partial charge in [0.25, 0.3) is 0 Å². The van der Waals surface area contributed by atoms with Crippen molar-refractivity contribution in [1.29, 1.82) is 0 Å². The highest BCUT2D eigenvalue weighted by atomic mass is 16.6. The Balaban J connectivity index is 1.10. The number of aryl methyl sites for hydroxylation is 1. The molecule has 0 spiro atoms. The van der Waals surface area contributed by atoms with Gasteiger partial charge in [-0.25, -0.2) is 24.5 Å². The number of aliphatic imine (C=N–C) groups is 1. The molecule has 12 heteroatoms. The van der Waals surface area contributed by atoms with Crippen molar-refractivity contribution in [3.8, 4) is 5.88 Å². The van der Waals surface area contributed by atoms with Crippen molar-refractivity contribution in [2.24, 2.45) is 4.99 Å². The Labute approximate surface area is 235 Å². The Morgan fingerprint density at radius 1 is 0.951 bits per heavy atom. The summed E-state index contributed by atoms with van der Waals surface area (Å²) in [7, 11) is 0. The first kappa shape index (κ1) is 29.6. The molecule has 0 unspecified atom stereocenters. The Bertz CT molecular complexity index is 1480. The quantitative estimate of drug-likeness (QED) is 0.270. The number of allylic oxidation sites excluding steroid dienone is 2. The molecule has 0 saturated carbocycles. The predicted octanol–water partition coefficient (Wildman–Crippen LogP) is 3.43. The van der Waals surface area contributed by atoms with Crippen molar-refractivity contribution in [3.05, 3.63) is 82.3 Å². The zero-order valence-electron chi connectivity index (χ0n) is 22.6. The zero-order chi connectivity index (χ0) is 28.9. The molecule has 0 amide bonds. The molecule has 1 aliphatic rings. The lowest BCUT2D eigenvalue weighted by molar-refractivity contribution is 0.00422. The topological polar surface area (TPSA) is 152 Å². The second-order valence-electron chi connectivity index (χ2n) is 8.64. The average Bonchev–Trinajstić information content (AvgIpc) is 3.21. The van der Waals surface area contributed by atoms with Crippen LogP contribution in [0.2, 0.25) is 0 Å². The van der Waals surface area contributed by atoms with Gasteiger partial charge in [0, 0.05) is 12.4 Å². The first-order valence-electron chi connectivity index (χ1n) is 13.1. The standard InChI is InChI=1S/C29H31N3O9/c1-20-6-4-9-23-24(20)29(35)41-27(32-23)21-7-2-3-10-30-25(21)39-18-16-37-14-12-36-13-15-38-17-19-40-26-22(28(33)34)8-5-11-31-26/h3-11H,2,12-19H2,1H3,(H,33,34). The van der Waals surface area contributed by atoms with E-state index in [4.69, 9.17) is 33.2 Å². The van der Waals surface area contributed by atoms with Gasteiger partial charge in [0.15, 0.2) is 0 Å². The highest BCUT2D eigenvalue weighted by Gasteiger charge is 2.19. The van der Waals surface area contributed by atoms with Gasteiger partial charge in [-0.3, -0.25) is 0 Å². The molecule has 1 aromatic carbocycles. The number of hydrogen-bond donors (Lipinski definition) is 1. The van der Waals surface area contributed by atoms with Gasteiger partial charge in [-0.15, -0.1) is 0 Å². The number of hydrogen-bond acceptors (Lipinski definition) is 11. The van der Waals surface area contributed by atoms with Gasteiger partial charge in [0.05, 0.1) is 56.1 Å². The Kier molecular flexibility index (Phi) is 11.1. The average molecular weight is 566 g/mol. The van der Waals surface area contributed by atoms with Crippen molar-refractivity contribution < 1.29 is 38.0 Å². The third-order valence-electron chi connectivity index (χ3n) is 5.76. The van der Waals surface area contributed by atoms with E-state index >= 15 is 0 Å². The SMILES string of the molecule is Cc1cccc2nc(C3=CCC=CN=C3OCCOCCOCCOCCOc3ncccc3C(=O)O)oc(=O)c12. The highest BCUT2D eigenvalue weighted by molar-refractivity contribution is 6.18. The fourth-order valence-corrected chi connectivity index (χ4v) is 3.82. The molecule has 3 aromatic rings. The van der Waals surface area contributed by atoms with Crippen molar-refractivity contribution in [2.75, 3.05) is 52.9 Å². The largest absolute Gasteiger partial charge is 0.477 e. The molecule has 3 heterocycles. The molecule has 41 heavy (non-hydrogen) atoms. The molecule has 0 radical (unpaired) electrons. The summed E-state index contributed by atoms with van der Waals surface area (Å²) in [5.41, 5.74) is 1.40. The summed E-state index contributed by atoms with van der Waals surface area (Å²) in [5.74, 6) is -0.593. The van der Waals surface area contributed by atoms with Gasteiger partial charge >= 0.3 is 11.6 Å². The Hall–Kier alpha value is -4.39. The summed E-state index contributed by atoms with van der Waals surface area (Å²) in [6, 6.07) is 8.42. The van der Waals surface area contributed by atoms with E-state index in [9.17, 15) is 9.59 Å². The maximum atomic E-state index is 12.6. The minimum atomic E-state index is -1.10. The van der Waals surface area contributed by atoms with Crippen LogP contribution < -0.4 is 10.4 Å². The summed E-state index contributed by atoms with van der Waals surface area (Å²) >= 11 is 0. The van der Waals surface area contributed by atoms with Crippen LogP contribution in [0, 0.1) is 6.92 Å². The van der Waals surface area contributed by atoms with E-state index in [-0.39, 0.29) is 37.2 Å². The van der Waals surface area contributed by atoms with E-state index < -0.39 is 11.6 Å². The summed E-state index contributed by atoms with van der Waals surface area (Å²) < 4.78 is 33.2. The molecular formula is C29H31N3O9. The highest BCUT2D eigenvalue weighted by Crippen LogP contribution is 2.21. The Morgan fingerprint density at radius 3 is 2.39 bits per heavy atom. The third kappa shape index (κ3) is 8.55. The molecule has 12 nitrogen and oxygen atoms in total. The van der Waals surface area contributed by atoms with Crippen LogP contribution in [0.1, 0.15) is 28.2 Å². The van der Waals surface area contributed by atoms with E-state index in [1.165, 1.54) is 18.3 Å². The molecule has 0 saturated heterocycles. The van der Waals surface area contributed by atoms with Crippen LogP contribution in [-0.2, 0) is 18.9 Å². The molecule has 1 aliphatic heterocycles. The maximum Gasteiger partial charge on any atom is 0.347 e. The first-order chi connectivity index (χ1) is 20.0. The lowest BCUT2D eigenvalue weighted by Crippen LogP contribution is -2.16. The van der Waals surface area contributed by atoms with Crippen LogP contribution in [-0.4, -0.2) is 79.8 Å². The van der Waals surface area contributed by atoms with Crippen LogP contribution in [0.15, 0.2) is 69.1 Å².